The van der Waals surface area contributed by atoms with Crippen LogP contribution in [-0.4, -0.2) is 50.8 Å². The molecule has 0 aliphatic carbocycles. The average Bonchev–Trinajstić information content (AvgIpc) is 3.34. The van der Waals surface area contributed by atoms with Crippen LogP contribution in [0.15, 0.2) is 78.9 Å². The monoisotopic (exact) mass is 516 g/mol. The maximum Gasteiger partial charge on any atom is 0.328 e. The number of nitrogens with zero attached hydrogens (tertiary/aromatic N) is 6. The van der Waals surface area contributed by atoms with Crippen molar-refractivity contribution in [2.24, 2.45) is 0 Å². The van der Waals surface area contributed by atoms with Gasteiger partial charge in [0.1, 0.15) is 17.2 Å². The van der Waals surface area contributed by atoms with E-state index in [1.165, 1.54) is 4.57 Å². The van der Waals surface area contributed by atoms with Gasteiger partial charge < -0.3 is 19.1 Å². The molecule has 1 aliphatic rings. The van der Waals surface area contributed by atoms with Crippen molar-refractivity contribution < 1.29 is 23.0 Å². The fourth-order valence-electron chi connectivity index (χ4n) is 4.12. The second-order valence-corrected chi connectivity index (χ2v) is 8.40. The van der Waals surface area contributed by atoms with Gasteiger partial charge in [-0.2, -0.15) is 15.0 Å². The summed E-state index contributed by atoms with van der Waals surface area (Å²) in [6.07, 6.45) is -2.85. The van der Waals surface area contributed by atoms with Gasteiger partial charge in [0.15, 0.2) is 5.82 Å². The summed E-state index contributed by atoms with van der Waals surface area (Å²) in [6.45, 7) is 2.06. The SMILES string of the molecule is FC(F)c1nc2ccccc2n1-c1nc(Oc2cccc(Oc3ccccc3)c2)nc(N2CCOCC2)n1. The first-order chi connectivity index (χ1) is 18.6. The molecule has 0 N–H and O–H groups in total. The summed E-state index contributed by atoms with van der Waals surface area (Å²) in [6, 6.07) is 23.1. The van der Waals surface area contributed by atoms with E-state index in [9.17, 15) is 8.78 Å². The van der Waals surface area contributed by atoms with Crippen molar-refractivity contribution >= 4 is 17.0 Å². The predicted molar refractivity (Wildman–Crippen MR) is 135 cm³/mol. The van der Waals surface area contributed by atoms with Gasteiger partial charge in [-0.05, 0) is 36.4 Å². The molecule has 0 saturated carbocycles. The van der Waals surface area contributed by atoms with Gasteiger partial charge in [0.2, 0.25) is 11.9 Å². The quantitative estimate of drug-likeness (QED) is 0.278. The number of hydrogen-bond donors (Lipinski definition) is 0. The van der Waals surface area contributed by atoms with E-state index in [4.69, 9.17) is 14.2 Å². The van der Waals surface area contributed by atoms with Crippen molar-refractivity contribution in [3.8, 4) is 29.2 Å². The van der Waals surface area contributed by atoms with Gasteiger partial charge >= 0.3 is 6.01 Å². The first-order valence-electron chi connectivity index (χ1n) is 12.0. The molecule has 1 saturated heterocycles. The highest BCUT2D eigenvalue weighted by Crippen LogP contribution is 2.30. The minimum absolute atomic E-state index is 0.0165. The lowest BCUT2D eigenvalue weighted by molar-refractivity contribution is 0.122. The van der Waals surface area contributed by atoms with E-state index in [0.717, 1.165) is 0 Å². The van der Waals surface area contributed by atoms with E-state index in [0.29, 0.717) is 60.5 Å². The van der Waals surface area contributed by atoms with Gasteiger partial charge in [-0.1, -0.05) is 36.4 Å². The Kier molecular flexibility index (Phi) is 6.49. The summed E-state index contributed by atoms with van der Waals surface area (Å²) in [5, 5.41) is 0. The van der Waals surface area contributed by atoms with E-state index < -0.39 is 12.2 Å². The summed E-state index contributed by atoms with van der Waals surface area (Å²) in [7, 11) is 0. The highest BCUT2D eigenvalue weighted by atomic mass is 19.3. The number of benzene rings is 3. The zero-order valence-electron chi connectivity index (χ0n) is 20.1. The molecule has 6 rings (SSSR count). The Hall–Kier alpha value is -4.64. The Morgan fingerprint density at radius 3 is 2.18 bits per heavy atom. The number of anilines is 1. The number of aromatic nitrogens is 5. The van der Waals surface area contributed by atoms with Crippen LogP contribution in [0.3, 0.4) is 0 Å². The molecule has 192 valence electrons. The van der Waals surface area contributed by atoms with E-state index in [1.807, 2.05) is 35.2 Å². The lowest BCUT2D eigenvalue weighted by Gasteiger charge is -2.27. The van der Waals surface area contributed by atoms with Crippen molar-refractivity contribution in [2.75, 3.05) is 31.2 Å². The molecule has 38 heavy (non-hydrogen) atoms. The molecule has 5 aromatic rings. The van der Waals surface area contributed by atoms with Crippen LogP contribution in [0.4, 0.5) is 14.7 Å². The predicted octanol–water partition coefficient (Wildman–Crippen LogP) is 5.57. The number of imidazole rings is 1. The fourth-order valence-corrected chi connectivity index (χ4v) is 4.12. The number of rotatable bonds is 7. The van der Waals surface area contributed by atoms with Crippen LogP contribution in [0.1, 0.15) is 12.2 Å². The van der Waals surface area contributed by atoms with E-state index >= 15 is 0 Å². The molecule has 9 nitrogen and oxygen atoms in total. The Morgan fingerprint density at radius 2 is 1.39 bits per heavy atom. The summed E-state index contributed by atoms with van der Waals surface area (Å²) in [5.41, 5.74) is 0.857. The van der Waals surface area contributed by atoms with E-state index in [2.05, 4.69) is 19.9 Å². The van der Waals surface area contributed by atoms with Gasteiger partial charge in [-0.15, -0.1) is 0 Å². The van der Waals surface area contributed by atoms with Crippen LogP contribution in [-0.2, 0) is 4.74 Å². The van der Waals surface area contributed by atoms with Crippen molar-refractivity contribution in [1.29, 1.82) is 0 Å². The third-order valence-electron chi connectivity index (χ3n) is 5.86. The zero-order valence-corrected chi connectivity index (χ0v) is 20.1. The molecule has 1 fully saturated rings. The van der Waals surface area contributed by atoms with Gasteiger partial charge in [-0.3, -0.25) is 4.57 Å². The molecule has 0 spiro atoms. The Balaban J connectivity index is 1.41. The number of halogens is 2. The number of fused-ring (bicyclic) bond motifs is 1. The maximum atomic E-state index is 14.1. The van der Waals surface area contributed by atoms with Gasteiger partial charge in [0.25, 0.3) is 6.43 Å². The molecule has 2 aromatic heterocycles. The molecule has 1 aliphatic heterocycles. The largest absolute Gasteiger partial charge is 0.457 e. The third kappa shape index (κ3) is 4.96. The molecule has 3 heterocycles. The fraction of sp³-hybridized carbons (Fsp3) is 0.185. The second-order valence-electron chi connectivity index (χ2n) is 8.40. The van der Waals surface area contributed by atoms with Crippen molar-refractivity contribution in [2.45, 2.75) is 6.43 Å². The lowest BCUT2D eigenvalue weighted by Crippen LogP contribution is -2.37. The van der Waals surface area contributed by atoms with Gasteiger partial charge in [-0.25, -0.2) is 13.8 Å². The molecule has 3 aromatic carbocycles. The van der Waals surface area contributed by atoms with Gasteiger partial charge in [0, 0.05) is 19.2 Å². The number of morpholine rings is 1. The molecular weight excluding hydrogens is 494 g/mol. The zero-order chi connectivity index (χ0) is 25.9. The minimum Gasteiger partial charge on any atom is -0.457 e. The molecule has 0 unspecified atom stereocenters. The molecule has 0 amide bonds. The number of alkyl halides is 2. The topological polar surface area (TPSA) is 87.4 Å². The van der Waals surface area contributed by atoms with Crippen LogP contribution < -0.4 is 14.4 Å². The third-order valence-corrected chi connectivity index (χ3v) is 5.86. The molecule has 0 bridgehead atoms. The number of para-hydroxylation sites is 3. The van der Waals surface area contributed by atoms with Crippen LogP contribution >= 0.6 is 0 Å². The first-order valence-corrected chi connectivity index (χ1v) is 12.0. The highest BCUT2D eigenvalue weighted by molar-refractivity contribution is 5.77. The van der Waals surface area contributed by atoms with Crippen LogP contribution in [0.5, 0.6) is 23.3 Å². The Labute approximate surface area is 216 Å². The summed E-state index contributed by atoms with van der Waals surface area (Å²) in [4.78, 5) is 19.5. The molecule has 0 atom stereocenters. The maximum absolute atomic E-state index is 14.1. The standard InChI is InChI=1S/C27H22F2N6O3/c28-23(29)24-30-21-11-4-5-12-22(21)35(24)26-31-25(34-13-15-36-16-14-34)32-27(33-26)38-20-10-6-9-19(17-20)37-18-7-2-1-3-8-18/h1-12,17,23H,13-16H2. The van der Waals surface area contributed by atoms with Crippen LogP contribution in [0.2, 0.25) is 0 Å². The van der Waals surface area contributed by atoms with Crippen molar-refractivity contribution in [1.82, 2.24) is 24.5 Å². The van der Waals surface area contributed by atoms with E-state index in [1.54, 1.807) is 48.5 Å². The summed E-state index contributed by atoms with van der Waals surface area (Å²) < 4.78 is 46.7. The normalized spacial score (nSPS) is 13.7. The second kappa shape index (κ2) is 10.4. The highest BCUT2D eigenvalue weighted by Gasteiger charge is 2.25. The van der Waals surface area contributed by atoms with Crippen LogP contribution in [0, 0.1) is 0 Å². The van der Waals surface area contributed by atoms with Crippen molar-refractivity contribution in [3.63, 3.8) is 0 Å². The number of hydrogen-bond acceptors (Lipinski definition) is 8. The molecule has 11 heteroatoms. The number of ether oxygens (including phenoxy) is 3. The van der Waals surface area contributed by atoms with Crippen molar-refractivity contribution in [3.05, 3.63) is 84.7 Å². The smallest absolute Gasteiger partial charge is 0.328 e. The van der Waals surface area contributed by atoms with E-state index in [-0.39, 0.29) is 12.0 Å². The lowest BCUT2D eigenvalue weighted by atomic mass is 10.3. The van der Waals surface area contributed by atoms with Crippen LogP contribution in [0.25, 0.3) is 17.0 Å². The molecule has 0 radical (unpaired) electrons. The van der Waals surface area contributed by atoms with Gasteiger partial charge in [0.05, 0.1) is 24.2 Å². The summed E-state index contributed by atoms with van der Waals surface area (Å²) >= 11 is 0. The Bertz CT molecular complexity index is 1560. The molecular formula is C27H22F2N6O3. The Morgan fingerprint density at radius 1 is 0.711 bits per heavy atom. The minimum atomic E-state index is -2.85. The summed E-state index contributed by atoms with van der Waals surface area (Å²) in [5.74, 6) is 1.45. The average molecular weight is 517 g/mol. The first kappa shape index (κ1) is 23.7.